The zero-order valence-corrected chi connectivity index (χ0v) is 206. The molecule has 12 rings (SSSR count). The van der Waals surface area contributed by atoms with Gasteiger partial charge in [-0.15, -0.1) is 0 Å². The van der Waals surface area contributed by atoms with Gasteiger partial charge in [-0.1, -0.05) is 261 Å². The summed E-state index contributed by atoms with van der Waals surface area (Å²) in [5, 5.41) is 4.29. The first-order valence-corrected chi connectivity index (χ1v) is 395. The van der Waals surface area contributed by atoms with Gasteiger partial charge in [-0.05, 0) is 214 Å². The molecule has 2 saturated carbocycles. The Hall–Kier alpha value is 34.9. The summed E-state index contributed by atoms with van der Waals surface area (Å²) >= 11 is 103. The number of halogens is 58. The van der Waals surface area contributed by atoms with Crippen molar-refractivity contribution in [3.63, 3.8) is 0 Å². The van der Waals surface area contributed by atoms with Crippen molar-refractivity contribution in [2.24, 2.45) is 0 Å². The van der Waals surface area contributed by atoms with Crippen molar-refractivity contribution in [3.05, 3.63) is 232 Å². The number of hydrogen-bond donors (Lipinski definition) is 1. The van der Waals surface area contributed by atoms with Gasteiger partial charge in [0.25, 0.3) is 0 Å². The van der Waals surface area contributed by atoms with Crippen LogP contribution < -0.4 is 33.3 Å². The molecule has 4 nitrogen and oxygen atoms in total. The summed E-state index contributed by atoms with van der Waals surface area (Å²) < 4.78 is 0. The van der Waals surface area contributed by atoms with Crippen LogP contribution in [0.5, 0.6) is 0 Å². The summed E-state index contributed by atoms with van der Waals surface area (Å²) in [5.41, 5.74) is 23.3. The average Bonchev–Trinajstić information content (AvgIpc) is 1.54. The first-order chi connectivity index (χ1) is 69.2. The number of anilines is 9. The third kappa shape index (κ3) is 48.0. The molecule has 0 spiro atoms. The molecule has 4 aliphatic rings. The van der Waals surface area contributed by atoms with Crippen LogP contribution in [0.15, 0.2) is 182 Å². The van der Waals surface area contributed by atoms with Gasteiger partial charge in [0, 0.05) is 67.0 Å². The van der Waals surface area contributed by atoms with E-state index in [0.29, 0.717) is 13.3 Å². The fraction of sp³-hybridized carbons (Fsp3) is 0.455. The fourth-order valence-electron chi connectivity index (χ4n) is 16.4. The van der Waals surface area contributed by atoms with Crippen molar-refractivity contribution < 1.29 is 13.3 Å². The number of para-hydroxylation sites is 2. The topological polar surface area (TPSA) is 21.8 Å². The molecule has 2 aliphatic heterocycles. The molecule has 2 fully saturated rings. The molecule has 0 aromatic heterocycles. The van der Waals surface area contributed by atoms with Gasteiger partial charge in [-0.2, -0.15) is 0 Å². The Morgan fingerprint density at radius 1 is 0.267 bits per heavy atom. The molecule has 4 atom stereocenters. The SMILES string of the molecule is CC(C)(C)c1cc(Cl)cc(N2c3ccccc3C3(C)CCCCC23C)c1.CC(C)(C)c1ccc(N(c2ccc(C(C)(C)C)cc2)c2cc(N3c4ccccc4C4(C)CCCCC34C)cc(C(C)(C)C)c2)cc1.CC(C)(C)c1ccc(Nc2ccc(C(C)(C)C)cc2)cc1.I[I-]I(I)I(I)I(I)I(I)I(I)I(I)I(I)I(I)I(I)I(I)I(I)I(I)I(I)I(I)I(I)I(I)I(I)I(I)I(I)I(I)I(I)I(I)I(I)I(I)I(I)I(I)I(I)I. The van der Waals surface area contributed by atoms with E-state index >= 15 is 0 Å². The van der Waals surface area contributed by atoms with Crippen LogP contribution in [0.4, 0.5) is 51.2 Å². The van der Waals surface area contributed by atoms with E-state index in [0.717, 1.165) is 16.4 Å². The second-order valence-corrected chi connectivity index (χ2v) is 1370. The van der Waals surface area contributed by atoms with Gasteiger partial charge in [0.05, 0.1) is 11.1 Å². The van der Waals surface area contributed by atoms with Crippen LogP contribution in [0.2, 0.25) is 5.02 Å². The van der Waals surface area contributed by atoms with E-state index in [4.69, 9.17) is 11.6 Å². The van der Waals surface area contributed by atoms with Gasteiger partial charge >= 0.3 is 766 Å². The Morgan fingerprint density at radius 2 is 0.500 bits per heavy atom. The Bertz CT molecular complexity index is 5520. The van der Waals surface area contributed by atoms with Crippen LogP contribution in [0.1, 0.15) is 248 Å². The molecular formula is C88H113ClI57N4-. The molecule has 2 heterocycles. The van der Waals surface area contributed by atoms with Gasteiger partial charge in [-0.3, -0.25) is 0 Å². The molecule has 2 aliphatic carbocycles. The van der Waals surface area contributed by atoms with Gasteiger partial charge in [0.2, 0.25) is 0 Å². The quantitative estimate of drug-likeness (QED) is 0.0406. The van der Waals surface area contributed by atoms with Crippen LogP contribution in [0.3, 0.4) is 0 Å². The van der Waals surface area contributed by atoms with E-state index in [9.17, 15) is 0 Å². The van der Waals surface area contributed by atoms with Gasteiger partial charge in [0.15, 0.2) is 0 Å². The zero-order chi connectivity index (χ0) is 113. The van der Waals surface area contributed by atoms with E-state index < -0.39 is 213 Å². The molecule has 8 aromatic rings. The minimum atomic E-state index is -0.594. The van der Waals surface area contributed by atoms with Crippen molar-refractivity contribution in [1.29, 1.82) is 0 Å². The molecule has 0 amide bonds. The molecular weight excluding hydrogens is 8380 g/mol. The molecule has 0 radical (unpaired) electrons. The number of benzene rings is 8. The summed E-state index contributed by atoms with van der Waals surface area (Å²) in [6, 6.07) is 68.1. The van der Waals surface area contributed by atoms with Crippen molar-refractivity contribution >= 4 is 816 Å². The number of nitrogens with zero attached hydrogens (tertiary/aromatic N) is 3. The first kappa shape index (κ1) is 168. The second-order valence-electron chi connectivity index (χ2n) is 39.4. The van der Waals surface area contributed by atoms with E-state index in [1.807, 2.05) is 0 Å². The van der Waals surface area contributed by atoms with E-state index in [1.165, 1.54) is 136 Å². The molecule has 0 bridgehead atoms. The normalized spacial score (nSPS) is 20.4. The van der Waals surface area contributed by atoms with Gasteiger partial charge < -0.3 is 20.0 Å². The van der Waals surface area contributed by atoms with E-state index in [1.54, 1.807) is 0 Å². The molecule has 1 N–H and O–H groups in total. The van der Waals surface area contributed by atoms with Gasteiger partial charge in [0.1, 0.15) is 0 Å². The summed E-state index contributed by atoms with van der Waals surface area (Å²) in [6.45, 7) is 51.0. The third-order valence-electron chi connectivity index (χ3n) is 24.3. The third-order valence-corrected chi connectivity index (χ3v) is 4400. The summed E-state index contributed by atoms with van der Waals surface area (Å²) in [5.74, 6) is 0. The van der Waals surface area contributed by atoms with Crippen molar-refractivity contribution in [2.75, 3.05) is 20.0 Å². The molecule has 0 saturated heterocycles. The Kier molecular flexibility index (Phi) is 88.6. The number of hydrogen-bond acceptors (Lipinski definition) is 4. The second kappa shape index (κ2) is 79.1. The minimum absolute atomic E-state index is 0.0102. The Labute approximate surface area is 1290 Å². The van der Waals surface area contributed by atoms with Crippen molar-refractivity contribution in [2.45, 2.75) is 258 Å². The molecule has 8 aromatic carbocycles. The van der Waals surface area contributed by atoms with Crippen LogP contribution in [0.25, 0.3) is 0 Å². The van der Waals surface area contributed by atoms with Crippen LogP contribution in [0, 0.1) is 0 Å². The van der Waals surface area contributed by atoms with Gasteiger partial charge in [-0.25, -0.2) is 0 Å². The maximum atomic E-state index is 6.59. The molecule has 4 unspecified atom stereocenters. The first-order valence-electron chi connectivity index (χ1n) is 43.0. The molecule has 892 valence electrons. The van der Waals surface area contributed by atoms with Crippen molar-refractivity contribution in [1.82, 2.24) is 0 Å². The average molecular weight is 8500 g/mol. The Balaban J connectivity index is 0.000000237. The zero-order valence-electron chi connectivity index (χ0n) is 82.7. The number of rotatable bonds is 34. The monoisotopic (exact) mass is 8490 g/mol. The number of fused-ring (bicyclic) bond motifs is 6. The van der Waals surface area contributed by atoms with Crippen LogP contribution in [-0.4, -0.2) is 11.1 Å². The standard InChI is InChI=1S/C44H56N2.C24H30ClN.C20H27N.I57/c1-40(2,3)31-18-22-34(23-19-31)45(35-24-20-32(21-25-35)41(4,5)6)36-28-33(42(7,8)9)29-37(30-36)46-39-17-13-12-16-38(39)43(10)26-14-15-27-44(43,46)11;1-22(2,3)17-14-18(25)16-19(15-17)26-21-11-7-6-10-20(21)23(4)12-8-9-13-24(23,26)5;1-19(2,3)15-7-11-17(12-8-15)21-18-13-9-16(10-14-18)20(4,5)6;1-30-32(4)34(6)36(8)38(10)40(12)42(14)44(16)46(18)48(20)50(22)52(24)54(26)56(28)57(29)55(27)53(25)51(23)49(21)47(19)45(17)43(15)41(13)39(11)37(9)35(7)33(5)31(2)3/h12-13,16-25,28-30H,14-15,26-27H2,1-11H3;6-7,10-11,14-16H,8-9,12-13H2,1-5H3;7-14,21H,1-6H3;/q;;;-1. The number of nitrogens with one attached hydrogen (secondary N) is 1. The fourth-order valence-corrected chi connectivity index (χ4v) is 10700. The summed E-state index contributed by atoms with van der Waals surface area (Å²) in [4.78, 5) is 7.80. The summed E-state index contributed by atoms with van der Waals surface area (Å²) in [6.07, 6.45) is 10.1. The molecule has 150 heavy (non-hydrogen) atoms. The predicted molar refractivity (Wildman–Crippen MR) is 1190 cm³/mol. The van der Waals surface area contributed by atoms with Crippen LogP contribution in [-0.2, 0) is 43.3 Å². The van der Waals surface area contributed by atoms with E-state index in [2.05, 4.69) is 894 Å². The molecule has 62 heteroatoms. The maximum absolute atomic E-state index is 6.59. The van der Waals surface area contributed by atoms with E-state index in [-0.39, 0.29) is 54.4 Å². The van der Waals surface area contributed by atoms with Crippen LogP contribution >= 0.6 is 765 Å². The van der Waals surface area contributed by atoms with Crippen molar-refractivity contribution in [3.8, 4) is 0 Å². The predicted octanol–water partition coefficient (Wildman–Crippen LogP) is 72.8. The summed E-state index contributed by atoms with van der Waals surface area (Å²) in [7, 11) is -14.7. The Morgan fingerprint density at radius 3 is 0.760 bits per heavy atom.